The van der Waals surface area contributed by atoms with Gasteiger partial charge in [0.15, 0.2) is 5.15 Å². The highest BCUT2D eigenvalue weighted by atomic mass is 35.5. The van der Waals surface area contributed by atoms with Gasteiger partial charge in [0.1, 0.15) is 6.29 Å². The lowest BCUT2D eigenvalue weighted by molar-refractivity contribution is -0.115. The minimum Gasteiger partial charge on any atom is -0.480 e. The van der Waals surface area contributed by atoms with Gasteiger partial charge in [0.25, 0.3) is 5.92 Å². The van der Waals surface area contributed by atoms with Crippen LogP contribution in [0.25, 0.3) is 0 Å². The molecule has 0 spiro atoms. The molecule has 7 nitrogen and oxygen atoms in total. The van der Waals surface area contributed by atoms with Gasteiger partial charge in [0, 0.05) is 23.8 Å². The van der Waals surface area contributed by atoms with E-state index in [0.717, 1.165) is 6.29 Å². The molecular formula is C21H32ClF2N2O5P. The van der Waals surface area contributed by atoms with E-state index in [4.69, 9.17) is 25.4 Å². The number of alkyl halides is 2. The Morgan fingerprint density at radius 1 is 1.19 bits per heavy atom. The third-order valence-corrected chi connectivity index (χ3v) is 7.83. The number of aromatic nitrogens is 2. The second kappa shape index (κ2) is 12.9. The summed E-state index contributed by atoms with van der Waals surface area (Å²) in [5.74, 6) is -3.26. The van der Waals surface area contributed by atoms with E-state index >= 15 is 0 Å². The van der Waals surface area contributed by atoms with Crippen LogP contribution in [0.3, 0.4) is 0 Å². The first-order valence-corrected chi connectivity index (χ1v) is 13.1. The fourth-order valence-electron chi connectivity index (χ4n) is 3.94. The molecule has 0 amide bonds. The fourth-order valence-corrected chi connectivity index (χ4v) is 5.81. The fraction of sp³-hybridized carbons (Fsp3) is 0.762. The van der Waals surface area contributed by atoms with Gasteiger partial charge in [0.2, 0.25) is 5.88 Å². The number of carbonyl (C=O) groups excluding carboxylic acids is 1. The number of halogens is 3. The van der Waals surface area contributed by atoms with E-state index < -0.39 is 19.4 Å². The topological polar surface area (TPSA) is 87.6 Å². The summed E-state index contributed by atoms with van der Waals surface area (Å²) < 4.78 is 58.1. The number of ether oxygens (including phenoxy) is 1. The first kappa shape index (κ1) is 27.1. The highest BCUT2D eigenvalue weighted by molar-refractivity contribution is 7.53. The zero-order valence-electron chi connectivity index (χ0n) is 18.6. The SMILES string of the molecule is CCOP(=O)(Cc1cc(Cl)nnc1OC)OCCCCCC(F)(F)[C@H]1CC[C@H](C=O)CC1. The maximum atomic E-state index is 14.5. The molecule has 0 radical (unpaired) electrons. The maximum absolute atomic E-state index is 14.5. The van der Waals surface area contributed by atoms with Crippen LogP contribution in [0.15, 0.2) is 6.07 Å². The Hall–Kier alpha value is -1.15. The molecule has 0 N–H and O–H groups in total. The Morgan fingerprint density at radius 3 is 2.53 bits per heavy atom. The summed E-state index contributed by atoms with van der Waals surface area (Å²) in [4.78, 5) is 10.8. The molecule has 11 heteroatoms. The summed E-state index contributed by atoms with van der Waals surface area (Å²) in [6.45, 7) is 2.02. The van der Waals surface area contributed by atoms with Crippen LogP contribution in [0.2, 0.25) is 5.15 Å². The molecule has 0 bridgehead atoms. The third kappa shape index (κ3) is 8.32. The van der Waals surface area contributed by atoms with Gasteiger partial charge in [-0.3, -0.25) is 4.57 Å². The molecule has 0 saturated heterocycles. The average molecular weight is 497 g/mol. The Balaban J connectivity index is 1.77. The molecule has 182 valence electrons. The second-order valence-corrected chi connectivity index (χ2v) is 10.5. The highest BCUT2D eigenvalue weighted by Gasteiger charge is 2.40. The molecule has 2 rings (SSSR count). The monoisotopic (exact) mass is 496 g/mol. The molecule has 1 fully saturated rings. The zero-order valence-corrected chi connectivity index (χ0v) is 20.3. The molecule has 1 saturated carbocycles. The predicted octanol–water partition coefficient (Wildman–Crippen LogP) is 6.09. The number of hydrogen-bond acceptors (Lipinski definition) is 7. The summed E-state index contributed by atoms with van der Waals surface area (Å²) in [5, 5.41) is 7.62. The maximum Gasteiger partial charge on any atom is 0.335 e. The molecule has 1 heterocycles. The van der Waals surface area contributed by atoms with Gasteiger partial charge in [-0.2, -0.15) is 0 Å². The Morgan fingerprint density at radius 2 is 1.91 bits per heavy atom. The van der Waals surface area contributed by atoms with Gasteiger partial charge in [-0.1, -0.05) is 18.0 Å². The van der Waals surface area contributed by atoms with Crippen LogP contribution in [0, 0.1) is 11.8 Å². The lowest BCUT2D eigenvalue weighted by Crippen LogP contribution is -2.32. The van der Waals surface area contributed by atoms with Crippen LogP contribution in [-0.4, -0.2) is 42.7 Å². The molecule has 1 aromatic heterocycles. The van der Waals surface area contributed by atoms with Crippen molar-refractivity contribution in [3.63, 3.8) is 0 Å². The van der Waals surface area contributed by atoms with Crippen molar-refractivity contribution in [2.45, 2.75) is 70.4 Å². The number of unbranched alkanes of at least 4 members (excludes halogenated alkanes) is 2. The third-order valence-electron chi connectivity index (χ3n) is 5.69. The lowest BCUT2D eigenvalue weighted by atomic mass is 9.78. The zero-order chi connectivity index (χ0) is 23.6. The van der Waals surface area contributed by atoms with Crippen molar-refractivity contribution < 1.29 is 31.9 Å². The standard InChI is InChI=1S/C21H32ClF2N2O5P/c1-3-30-32(28,15-17-13-19(22)25-26-20(17)29-2)31-12-6-4-5-11-21(23,24)18-9-7-16(14-27)8-10-18/h13-14,16,18H,3-12,15H2,1-2H3/t16-,18-,32?. The Labute approximate surface area is 193 Å². The van der Waals surface area contributed by atoms with Crippen LogP contribution in [-0.2, 0) is 24.6 Å². The van der Waals surface area contributed by atoms with Gasteiger partial charge < -0.3 is 18.6 Å². The second-order valence-electron chi connectivity index (χ2n) is 8.04. The van der Waals surface area contributed by atoms with Gasteiger partial charge in [0.05, 0.1) is 26.5 Å². The molecule has 1 aliphatic carbocycles. The molecule has 32 heavy (non-hydrogen) atoms. The summed E-state index contributed by atoms with van der Waals surface area (Å²) in [6.07, 6.45) is 3.86. The van der Waals surface area contributed by atoms with Gasteiger partial charge in [-0.05, 0) is 51.5 Å². The molecular weight excluding hydrogens is 465 g/mol. The molecule has 1 unspecified atom stereocenters. The largest absolute Gasteiger partial charge is 0.480 e. The molecule has 1 atom stereocenters. The summed E-state index contributed by atoms with van der Waals surface area (Å²) in [5.41, 5.74) is 0.452. The Kier molecular flexibility index (Phi) is 10.9. The van der Waals surface area contributed by atoms with E-state index in [2.05, 4.69) is 10.2 Å². The van der Waals surface area contributed by atoms with E-state index in [1.54, 1.807) is 6.92 Å². The minimum absolute atomic E-state index is 0.0702. The van der Waals surface area contributed by atoms with Crippen molar-refractivity contribution in [1.29, 1.82) is 0 Å². The quantitative estimate of drug-likeness (QED) is 0.175. The first-order chi connectivity index (χ1) is 15.2. The summed E-state index contributed by atoms with van der Waals surface area (Å²) >= 11 is 5.87. The number of methoxy groups -OCH3 is 1. The van der Waals surface area contributed by atoms with Crippen LogP contribution in [0.4, 0.5) is 8.78 Å². The van der Waals surface area contributed by atoms with E-state index in [9.17, 15) is 18.1 Å². The Bertz CT molecular complexity index is 779. The number of nitrogens with zero attached hydrogens (tertiary/aromatic N) is 2. The van der Waals surface area contributed by atoms with E-state index in [1.165, 1.54) is 13.2 Å². The van der Waals surface area contributed by atoms with E-state index in [-0.39, 0.29) is 42.7 Å². The van der Waals surface area contributed by atoms with Crippen LogP contribution in [0.5, 0.6) is 5.88 Å². The summed E-state index contributed by atoms with van der Waals surface area (Å²) in [6, 6.07) is 1.49. The van der Waals surface area contributed by atoms with Crippen LogP contribution >= 0.6 is 19.2 Å². The van der Waals surface area contributed by atoms with E-state index in [1.807, 2.05) is 0 Å². The first-order valence-electron chi connectivity index (χ1n) is 11.0. The molecule has 1 aliphatic rings. The number of carbonyl (C=O) groups is 1. The molecule has 0 aromatic carbocycles. The summed E-state index contributed by atoms with van der Waals surface area (Å²) in [7, 11) is -2.08. The van der Waals surface area contributed by atoms with Crippen LogP contribution in [0.1, 0.15) is 63.9 Å². The molecule has 1 aromatic rings. The number of hydrogen-bond donors (Lipinski definition) is 0. The van der Waals surface area contributed by atoms with Crippen molar-refractivity contribution in [2.75, 3.05) is 20.3 Å². The van der Waals surface area contributed by atoms with Crippen molar-refractivity contribution in [3.8, 4) is 5.88 Å². The predicted molar refractivity (Wildman–Crippen MR) is 117 cm³/mol. The lowest BCUT2D eigenvalue weighted by Gasteiger charge is -2.32. The normalized spacial score (nSPS) is 21.2. The smallest absolute Gasteiger partial charge is 0.335 e. The molecule has 0 aliphatic heterocycles. The highest BCUT2D eigenvalue weighted by Crippen LogP contribution is 2.52. The van der Waals surface area contributed by atoms with Crippen LogP contribution < -0.4 is 4.74 Å². The van der Waals surface area contributed by atoms with Crippen molar-refractivity contribution in [1.82, 2.24) is 10.2 Å². The van der Waals surface area contributed by atoms with Crippen molar-refractivity contribution in [3.05, 3.63) is 16.8 Å². The minimum atomic E-state index is -3.50. The van der Waals surface area contributed by atoms with Gasteiger partial charge in [-0.15, -0.1) is 10.2 Å². The van der Waals surface area contributed by atoms with Crippen molar-refractivity contribution >= 4 is 25.5 Å². The van der Waals surface area contributed by atoms with Crippen molar-refractivity contribution in [2.24, 2.45) is 11.8 Å². The number of rotatable bonds is 14. The van der Waals surface area contributed by atoms with Gasteiger partial charge in [-0.25, -0.2) is 8.78 Å². The average Bonchev–Trinajstić information content (AvgIpc) is 2.76. The number of aldehydes is 1. The van der Waals surface area contributed by atoms with E-state index in [0.29, 0.717) is 50.5 Å². The van der Waals surface area contributed by atoms with Gasteiger partial charge >= 0.3 is 7.60 Å².